The van der Waals surface area contributed by atoms with Gasteiger partial charge in [-0.05, 0) is 19.3 Å². The van der Waals surface area contributed by atoms with Gasteiger partial charge >= 0.3 is 6.09 Å². The minimum absolute atomic E-state index is 0.0192. The zero-order chi connectivity index (χ0) is 10.4. The second-order valence-electron chi connectivity index (χ2n) is 3.10. The lowest BCUT2D eigenvalue weighted by Crippen LogP contribution is -2.35. The number of allylic oxidation sites excluding steroid dienone is 1. The van der Waals surface area contributed by atoms with Crippen LogP contribution in [-0.4, -0.2) is 23.6 Å². The first-order chi connectivity index (χ1) is 6.68. The quantitative estimate of drug-likeness (QED) is 0.606. The fourth-order valence-corrected chi connectivity index (χ4v) is 1.39. The van der Waals surface area contributed by atoms with Crippen LogP contribution >= 0.6 is 23.2 Å². The summed E-state index contributed by atoms with van der Waals surface area (Å²) in [6, 6.07) is 0.0837. The minimum atomic E-state index is -0.664. The molecule has 3 nitrogen and oxygen atoms in total. The molecular weight excluding hydrogens is 225 g/mol. The normalized spacial score (nSPS) is 20.9. The monoisotopic (exact) mass is 237 g/mol. The third-order valence-electron chi connectivity index (χ3n) is 1.90. The summed E-state index contributed by atoms with van der Waals surface area (Å²) in [7, 11) is 0. The summed E-state index contributed by atoms with van der Waals surface area (Å²) >= 11 is 10.8. The number of hydrogen-bond acceptors (Lipinski definition) is 2. The lowest BCUT2D eigenvalue weighted by Gasteiger charge is -2.17. The fraction of sp³-hybridized carbons (Fsp3) is 0.667. The topological polar surface area (TPSA) is 38.3 Å². The highest BCUT2D eigenvalue weighted by Gasteiger charge is 2.12. The highest BCUT2D eigenvalue weighted by molar-refractivity contribution is 6.44. The van der Waals surface area contributed by atoms with Crippen LogP contribution in [0.1, 0.15) is 19.3 Å². The van der Waals surface area contributed by atoms with Crippen molar-refractivity contribution in [1.82, 2.24) is 5.32 Å². The molecule has 0 saturated carbocycles. The molecule has 1 N–H and O–H groups in total. The highest BCUT2D eigenvalue weighted by atomic mass is 35.5. The van der Waals surface area contributed by atoms with E-state index in [2.05, 4.69) is 11.4 Å². The van der Waals surface area contributed by atoms with E-state index in [-0.39, 0.29) is 12.6 Å². The molecule has 1 rings (SSSR count). The zero-order valence-corrected chi connectivity index (χ0v) is 9.22. The summed E-state index contributed by atoms with van der Waals surface area (Å²) in [5.74, 6) is 0. The van der Waals surface area contributed by atoms with Gasteiger partial charge in [0.15, 0.2) is 0 Å². The van der Waals surface area contributed by atoms with E-state index in [9.17, 15) is 4.79 Å². The molecule has 0 radical (unpaired) electrons. The van der Waals surface area contributed by atoms with E-state index < -0.39 is 10.9 Å². The molecule has 0 aromatic heterocycles. The van der Waals surface area contributed by atoms with E-state index in [4.69, 9.17) is 27.9 Å². The van der Waals surface area contributed by atoms with E-state index >= 15 is 0 Å². The SMILES string of the molecule is O=C(NC1C=CCCC1)OCC(Cl)Cl. The van der Waals surface area contributed by atoms with E-state index in [0.29, 0.717) is 0 Å². The molecule has 1 aliphatic carbocycles. The standard InChI is InChI=1S/C9H13Cl2NO2/c10-8(11)6-14-9(13)12-7-4-2-1-3-5-7/h2,4,7-8H,1,3,5-6H2,(H,12,13). The van der Waals surface area contributed by atoms with Gasteiger partial charge in [-0.25, -0.2) is 4.79 Å². The predicted octanol–water partition coefficient (Wildman–Crippen LogP) is 2.63. The van der Waals surface area contributed by atoms with Gasteiger partial charge in [-0.1, -0.05) is 12.2 Å². The second kappa shape index (κ2) is 6.14. The molecule has 0 fully saturated rings. The van der Waals surface area contributed by atoms with Crippen LogP contribution in [0.3, 0.4) is 0 Å². The second-order valence-corrected chi connectivity index (χ2v) is 4.38. The number of hydrogen-bond donors (Lipinski definition) is 1. The fourth-order valence-electron chi connectivity index (χ4n) is 1.26. The summed E-state index contributed by atoms with van der Waals surface area (Å²) in [5, 5.41) is 2.71. The maximum Gasteiger partial charge on any atom is 0.407 e. The number of rotatable bonds is 3. The summed E-state index contributed by atoms with van der Waals surface area (Å²) < 4.78 is 4.76. The van der Waals surface area contributed by atoms with Gasteiger partial charge in [-0.15, -0.1) is 23.2 Å². The average Bonchev–Trinajstić information content (AvgIpc) is 2.16. The Morgan fingerprint density at radius 1 is 1.64 bits per heavy atom. The molecule has 0 heterocycles. The Morgan fingerprint density at radius 2 is 2.43 bits per heavy atom. The van der Waals surface area contributed by atoms with Crippen molar-refractivity contribution in [2.24, 2.45) is 0 Å². The third-order valence-corrected chi connectivity index (χ3v) is 2.15. The van der Waals surface area contributed by atoms with Gasteiger partial charge in [0.05, 0.1) is 6.04 Å². The lowest BCUT2D eigenvalue weighted by atomic mass is 10.0. The van der Waals surface area contributed by atoms with E-state index in [1.54, 1.807) is 0 Å². The molecule has 0 aromatic rings. The summed E-state index contributed by atoms with van der Waals surface area (Å²) in [6.07, 6.45) is 6.70. The molecule has 1 atom stereocenters. The maximum atomic E-state index is 11.1. The van der Waals surface area contributed by atoms with Gasteiger partial charge in [-0.3, -0.25) is 0 Å². The first-order valence-electron chi connectivity index (χ1n) is 4.56. The van der Waals surface area contributed by atoms with Crippen LogP contribution in [0.25, 0.3) is 0 Å². The van der Waals surface area contributed by atoms with E-state index in [0.717, 1.165) is 19.3 Å². The van der Waals surface area contributed by atoms with Crippen LogP contribution in [0.5, 0.6) is 0 Å². The average molecular weight is 238 g/mol. The molecule has 1 amide bonds. The van der Waals surface area contributed by atoms with Gasteiger partial charge in [-0.2, -0.15) is 0 Å². The lowest BCUT2D eigenvalue weighted by molar-refractivity contribution is 0.148. The van der Waals surface area contributed by atoms with Crippen molar-refractivity contribution in [3.05, 3.63) is 12.2 Å². The Kier molecular flexibility index (Phi) is 5.12. The van der Waals surface area contributed by atoms with Gasteiger partial charge < -0.3 is 10.1 Å². The van der Waals surface area contributed by atoms with Crippen molar-refractivity contribution in [2.45, 2.75) is 30.1 Å². The number of carbonyl (C=O) groups is 1. The molecule has 5 heteroatoms. The molecule has 1 aliphatic rings. The van der Waals surface area contributed by atoms with Crippen LogP contribution in [-0.2, 0) is 4.74 Å². The summed E-state index contributed by atoms with van der Waals surface area (Å²) in [6.45, 7) is 0.0192. The molecule has 1 unspecified atom stereocenters. The first-order valence-corrected chi connectivity index (χ1v) is 5.44. The van der Waals surface area contributed by atoms with Crippen LogP contribution in [0.4, 0.5) is 4.79 Å². The Bertz CT molecular complexity index is 219. The molecule has 0 spiro atoms. The molecule has 0 saturated heterocycles. The highest BCUT2D eigenvalue weighted by Crippen LogP contribution is 2.10. The molecule has 0 aromatic carbocycles. The Morgan fingerprint density at radius 3 is 3.00 bits per heavy atom. The molecule has 0 aliphatic heterocycles. The predicted molar refractivity (Wildman–Crippen MR) is 56.8 cm³/mol. The van der Waals surface area contributed by atoms with Crippen molar-refractivity contribution in [3.8, 4) is 0 Å². The molecular formula is C9H13Cl2NO2. The smallest absolute Gasteiger partial charge is 0.407 e. The van der Waals surface area contributed by atoms with Crippen molar-refractivity contribution >= 4 is 29.3 Å². The largest absolute Gasteiger partial charge is 0.447 e. The summed E-state index contributed by atoms with van der Waals surface area (Å²) in [4.78, 5) is 10.5. The van der Waals surface area contributed by atoms with Crippen LogP contribution < -0.4 is 5.32 Å². The van der Waals surface area contributed by atoms with E-state index in [1.807, 2.05) is 6.08 Å². The summed E-state index contributed by atoms with van der Waals surface area (Å²) in [5.41, 5.74) is 0. The maximum absolute atomic E-state index is 11.1. The van der Waals surface area contributed by atoms with Crippen molar-refractivity contribution in [3.63, 3.8) is 0 Å². The van der Waals surface area contributed by atoms with Crippen LogP contribution in [0.2, 0.25) is 0 Å². The molecule has 14 heavy (non-hydrogen) atoms. The van der Waals surface area contributed by atoms with Crippen LogP contribution in [0.15, 0.2) is 12.2 Å². The number of amides is 1. The van der Waals surface area contributed by atoms with Crippen LogP contribution in [0, 0.1) is 0 Å². The molecule has 80 valence electrons. The van der Waals surface area contributed by atoms with Gasteiger partial charge in [0, 0.05) is 0 Å². The Balaban J connectivity index is 2.19. The third kappa shape index (κ3) is 4.72. The van der Waals surface area contributed by atoms with E-state index in [1.165, 1.54) is 0 Å². The van der Waals surface area contributed by atoms with Gasteiger partial charge in [0.25, 0.3) is 0 Å². The molecule has 0 bridgehead atoms. The zero-order valence-electron chi connectivity index (χ0n) is 7.71. The van der Waals surface area contributed by atoms with Gasteiger partial charge in [0.2, 0.25) is 0 Å². The number of ether oxygens (including phenoxy) is 1. The van der Waals surface area contributed by atoms with Crippen molar-refractivity contribution in [2.75, 3.05) is 6.61 Å². The minimum Gasteiger partial charge on any atom is -0.447 e. The van der Waals surface area contributed by atoms with Crippen molar-refractivity contribution in [1.29, 1.82) is 0 Å². The number of halogens is 2. The number of alkyl carbamates (subject to hydrolysis) is 1. The number of alkyl halides is 2. The van der Waals surface area contributed by atoms with Gasteiger partial charge in [0.1, 0.15) is 11.4 Å². The Hall–Kier alpha value is -0.410. The Labute approximate surface area is 93.4 Å². The van der Waals surface area contributed by atoms with Crippen molar-refractivity contribution < 1.29 is 9.53 Å². The number of carbonyl (C=O) groups excluding carboxylic acids is 1. The first kappa shape index (κ1) is 11.7. The number of nitrogens with one attached hydrogen (secondary N) is 1.